The molecule has 0 aliphatic rings. The molecule has 6 nitrogen and oxygen atoms in total. The monoisotopic (exact) mass is 383 g/mol. The summed E-state index contributed by atoms with van der Waals surface area (Å²) in [5, 5.41) is 2.90. The molecular formula is C20H21N3O3S. The van der Waals surface area contributed by atoms with Gasteiger partial charge in [0.25, 0.3) is 0 Å². The molecule has 0 saturated carbocycles. The van der Waals surface area contributed by atoms with Gasteiger partial charge >= 0.3 is 5.97 Å². The number of anilines is 1. The minimum Gasteiger partial charge on any atom is -0.465 e. The smallest absolute Gasteiger partial charge is 0.338 e. The van der Waals surface area contributed by atoms with Crippen LogP contribution in [0.15, 0.2) is 42.5 Å². The maximum atomic E-state index is 12.7. The molecule has 7 heteroatoms. The van der Waals surface area contributed by atoms with Crippen molar-refractivity contribution >= 4 is 40.4 Å². The molecule has 0 spiro atoms. The van der Waals surface area contributed by atoms with Crippen molar-refractivity contribution in [1.82, 2.24) is 9.55 Å². The number of benzene rings is 2. The molecule has 3 aromatic rings. The fourth-order valence-corrected chi connectivity index (χ4v) is 3.46. The van der Waals surface area contributed by atoms with Crippen LogP contribution in [0.4, 0.5) is 5.69 Å². The van der Waals surface area contributed by atoms with Gasteiger partial charge in [-0.1, -0.05) is 18.2 Å². The number of methoxy groups -OCH3 is 1. The van der Waals surface area contributed by atoms with Crippen LogP contribution in [0.5, 0.6) is 0 Å². The maximum Gasteiger partial charge on any atom is 0.338 e. The minimum atomic E-state index is -0.425. The van der Waals surface area contributed by atoms with Crippen molar-refractivity contribution in [3.05, 3.63) is 59.4 Å². The van der Waals surface area contributed by atoms with Gasteiger partial charge in [-0.2, -0.15) is 11.8 Å². The zero-order valence-corrected chi connectivity index (χ0v) is 16.3. The second-order valence-corrected chi connectivity index (χ2v) is 6.92. The molecule has 1 N–H and O–H groups in total. The van der Waals surface area contributed by atoms with Crippen LogP contribution < -0.4 is 5.32 Å². The third kappa shape index (κ3) is 3.98. The van der Waals surface area contributed by atoms with Crippen LogP contribution in [0.25, 0.3) is 11.0 Å². The van der Waals surface area contributed by atoms with Crippen LogP contribution in [0.1, 0.15) is 21.7 Å². The number of nitrogens with zero attached hydrogens (tertiary/aromatic N) is 2. The largest absolute Gasteiger partial charge is 0.465 e. The van der Waals surface area contributed by atoms with Gasteiger partial charge in [0.15, 0.2) is 0 Å². The highest BCUT2D eigenvalue weighted by molar-refractivity contribution is 7.97. The summed E-state index contributed by atoms with van der Waals surface area (Å²) in [4.78, 5) is 29.2. The van der Waals surface area contributed by atoms with Gasteiger partial charge in [-0.25, -0.2) is 9.78 Å². The van der Waals surface area contributed by atoms with Crippen LogP contribution in [0, 0.1) is 6.92 Å². The van der Waals surface area contributed by atoms with Crippen LogP contribution in [-0.4, -0.2) is 34.8 Å². The molecule has 0 atom stereocenters. The summed E-state index contributed by atoms with van der Waals surface area (Å²) in [6, 6.07) is 12.9. The molecule has 1 aromatic heterocycles. The van der Waals surface area contributed by atoms with Gasteiger partial charge in [-0.05, 0) is 43.0 Å². The average Bonchev–Trinajstić information content (AvgIpc) is 3.00. The van der Waals surface area contributed by atoms with Gasteiger partial charge in [-0.3, -0.25) is 4.79 Å². The molecule has 0 aliphatic heterocycles. The average molecular weight is 383 g/mol. The van der Waals surface area contributed by atoms with Gasteiger partial charge in [0.2, 0.25) is 5.91 Å². The van der Waals surface area contributed by atoms with E-state index in [4.69, 9.17) is 4.74 Å². The van der Waals surface area contributed by atoms with E-state index >= 15 is 0 Å². The summed E-state index contributed by atoms with van der Waals surface area (Å²) in [5.41, 5.74) is 3.51. The number of nitrogens with one attached hydrogen (secondary N) is 1. The Morgan fingerprint density at radius 2 is 1.96 bits per heavy atom. The summed E-state index contributed by atoms with van der Waals surface area (Å²) in [5.74, 6) is 0.981. The van der Waals surface area contributed by atoms with E-state index in [0.29, 0.717) is 16.8 Å². The predicted octanol–water partition coefficient (Wildman–Crippen LogP) is 3.63. The van der Waals surface area contributed by atoms with E-state index in [9.17, 15) is 9.59 Å². The van der Waals surface area contributed by atoms with Crippen LogP contribution in [0.2, 0.25) is 0 Å². The Labute approximate surface area is 161 Å². The Bertz CT molecular complexity index is 997. The van der Waals surface area contributed by atoms with E-state index in [2.05, 4.69) is 10.3 Å². The van der Waals surface area contributed by atoms with E-state index in [1.165, 1.54) is 7.11 Å². The molecule has 0 unspecified atom stereocenters. The lowest BCUT2D eigenvalue weighted by Gasteiger charge is -2.13. The molecule has 0 saturated heterocycles. The molecule has 1 amide bonds. The summed E-state index contributed by atoms with van der Waals surface area (Å²) in [6.45, 7) is 1.94. The van der Waals surface area contributed by atoms with Gasteiger partial charge in [0.1, 0.15) is 12.4 Å². The standard InChI is InChI=1S/C20H21N3O3S/c1-13-14(20(25)26-2)7-6-9-15(13)22-19(24)11-23-17-10-5-4-8-16(17)21-18(23)12-27-3/h4-10H,11-12H2,1-3H3,(H,22,24). The number of esters is 1. The highest BCUT2D eigenvalue weighted by Crippen LogP contribution is 2.21. The Kier molecular flexibility index (Phi) is 5.81. The lowest BCUT2D eigenvalue weighted by molar-refractivity contribution is -0.116. The molecule has 0 aliphatic carbocycles. The fourth-order valence-electron chi connectivity index (χ4n) is 2.98. The summed E-state index contributed by atoms with van der Waals surface area (Å²) in [7, 11) is 1.34. The predicted molar refractivity (Wildman–Crippen MR) is 108 cm³/mol. The number of aromatic nitrogens is 2. The van der Waals surface area contributed by atoms with Crippen LogP contribution in [-0.2, 0) is 21.8 Å². The van der Waals surface area contributed by atoms with E-state index in [0.717, 1.165) is 22.6 Å². The van der Waals surface area contributed by atoms with E-state index in [-0.39, 0.29) is 12.5 Å². The van der Waals surface area contributed by atoms with Crippen molar-refractivity contribution in [2.24, 2.45) is 0 Å². The first-order valence-corrected chi connectivity index (χ1v) is 9.85. The molecule has 2 aromatic carbocycles. The maximum absolute atomic E-state index is 12.7. The molecule has 27 heavy (non-hydrogen) atoms. The minimum absolute atomic E-state index is 0.151. The van der Waals surface area contributed by atoms with Gasteiger partial charge in [0, 0.05) is 5.69 Å². The fraction of sp³-hybridized carbons (Fsp3) is 0.250. The lowest BCUT2D eigenvalue weighted by atomic mass is 10.1. The Hall–Kier alpha value is -2.80. The van der Waals surface area contributed by atoms with Gasteiger partial charge in [0.05, 0.1) is 29.5 Å². The topological polar surface area (TPSA) is 73.2 Å². The SMILES string of the molecule is COC(=O)c1cccc(NC(=O)Cn2c(CSC)nc3ccccc32)c1C. The number of rotatable bonds is 6. The molecule has 0 bridgehead atoms. The molecule has 140 valence electrons. The molecular weight excluding hydrogens is 362 g/mol. The van der Waals surface area contributed by atoms with Crippen LogP contribution in [0.3, 0.4) is 0 Å². The Morgan fingerprint density at radius 1 is 1.19 bits per heavy atom. The number of ether oxygens (including phenoxy) is 1. The van der Waals surface area contributed by atoms with E-state index in [1.54, 1.807) is 36.9 Å². The lowest BCUT2D eigenvalue weighted by Crippen LogP contribution is -2.21. The zero-order valence-electron chi connectivity index (χ0n) is 15.5. The second-order valence-electron chi connectivity index (χ2n) is 6.05. The van der Waals surface area contributed by atoms with Crippen molar-refractivity contribution in [2.45, 2.75) is 19.2 Å². The molecule has 0 radical (unpaired) electrons. The normalized spacial score (nSPS) is 10.8. The third-order valence-corrected chi connectivity index (χ3v) is 4.87. The van der Waals surface area contributed by atoms with Crippen molar-refractivity contribution in [3.8, 4) is 0 Å². The van der Waals surface area contributed by atoms with E-state index < -0.39 is 5.97 Å². The highest BCUT2D eigenvalue weighted by Gasteiger charge is 2.16. The summed E-state index contributed by atoms with van der Waals surface area (Å²) >= 11 is 1.66. The number of para-hydroxylation sites is 2. The number of hydrogen-bond acceptors (Lipinski definition) is 5. The summed E-state index contributed by atoms with van der Waals surface area (Å²) < 4.78 is 6.72. The van der Waals surface area contributed by atoms with Crippen molar-refractivity contribution in [2.75, 3.05) is 18.7 Å². The van der Waals surface area contributed by atoms with E-state index in [1.807, 2.05) is 35.1 Å². The quantitative estimate of drug-likeness (QED) is 0.658. The Morgan fingerprint density at radius 3 is 2.70 bits per heavy atom. The molecule has 1 heterocycles. The Balaban J connectivity index is 1.86. The third-order valence-electron chi connectivity index (χ3n) is 4.32. The number of amides is 1. The highest BCUT2D eigenvalue weighted by atomic mass is 32.2. The van der Waals surface area contributed by atoms with Gasteiger partial charge in [-0.15, -0.1) is 0 Å². The van der Waals surface area contributed by atoms with Crippen molar-refractivity contribution in [3.63, 3.8) is 0 Å². The number of carbonyl (C=O) groups is 2. The molecule has 3 rings (SSSR count). The zero-order chi connectivity index (χ0) is 19.4. The first-order chi connectivity index (χ1) is 13.0. The van der Waals surface area contributed by atoms with Crippen LogP contribution >= 0.6 is 11.8 Å². The number of fused-ring (bicyclic) bond motifs is 1. The van der Waals surface area contributed by atoms with Crippen molar-refractivity contribution < 1.29 is 14.3 Å². The first-order valence-electron chi connectivity index (χ1n) is 8.46. The first kappa shape index (κ1) is 19.0. The van der Waals surface area contributed by atoms with Gasteiger partial charge < -0.3 is 14.6 Å². The number of hydrogen-bond donors (Lipinski definition) is 1. The molecule has 0 fully saturated rings. The van der Waals surface area contributed by atoms with Crippen molar-refractivity contribution in [1.29, 1.82) is 0 Å². The number of carbonyl (C=O) groups excluding carboxylic acids is 2. The second kappa shape index (κ2) is 8.26. The summed E-state index contributed by atoms with van der Waals surface area (Å²) in [6.07, 6.45) is 2.01. The number of thioether (sulfide) groups is 1. The number of imidazole rings is 1.